The molecule has 27 heavy (non-hydrogen) atoms. The van der Waals surface area contributed by atoms with E-state index in [1.54, 1.807) is 24.5 Å². The summed E-state index contributed by atoms with van der Waals surface area (Å²) < 4.78 is 11.1. The van der Waals surface area contributed by atoms with Crippen molar-refractivity contribution in [3.63, 3.8) is 0 Å². The van der Waals surface area contributed by atoms with E-state index in [1.807, 2.05) is 18.2 Å². The number of rotatable bonds is 6. The molecule has 1 amide bonds. The summed E-state index contributed by atoms with van der Waals surface area (Å²) in [4.78, 5) is 28.0. The third-order valence-corrected chi connectivity index (χ3v) is 4.93. The number of hydrogen-bond acceptors (Lipinski definition) is 5. The van der Waals surface area contributed by atoms with E-state index in [0.717, 1.165) is 16.9 Å². The van der Waals surface area contributed by atoms with Gasteiger partial charge in [0, 0.05) is 24.7 Å². The number of nitrogens with zero attached hydrogens (tertiary/aromatic N) is 1. The summed E-state index contributed by atoms with van der Waals surface area (Å²) >= 11 is 0. The van der Waals surface area contributed by atoms with E-state index in [-0.39, 0.29) is 24.2 Å². The van der Waals surface area contributed by atoms with E-state index < -0.39 is 12.0 Å². The lowest BCUT2D eigenvalue weighted by atomic mass is 10.1. The first kappa shape index (κ1) is 17.3. The quantitative estimate of drug-likeness (QED) is 0.806. The van der Waals surface area contributed by atoms with Crippen LogP contribution in [0.2, 0.25) is 0 Å². The number of amides is 1. The van der Waals surface area contributed by atoms with Crippen LogP contribution >= 0.6 is 0 Å². The number of carbonyl (C=O) groups excluding carboxylic acids is 1. The number of ether oxygens (including phenoxy) is 2. The minimum Gasteiger partial charge on any atom is -0.486 e. The van der Waals surface area contributed by atoms with Crippen molar-refractivity contribution in [2.75, 3.05) is 13.2 Å². The van der Waals surface area contributed by atoms with Crippen LogP contribution in [0.1, 0.15) is 23.5 Å². The maximum atomic E-state index is 12.5. The molecule has 0 radical (unpaired) electrons. The fourth-order valence-electron chi connectivity index (χ4n) is 3.38. The number of benzene rings is 1. The predicted octanol–water partition coefficient (Wildman–Crippen LogP) is 1.77. The highest BCUT2D eigenvalue weighted by Gasteiger charge is 2.45. The number of aliphatic carboxylic acids is 1. The Labute approximate surface area is 156 Å². The van der Waals surface area contributed by atoms with Gasteiger partial charge in [0.25, 0.3) is 0 Å². The van der Waals surface area contributed by atoms with E-state index in [9.17, 15) is 14.7 Å². The van der Waals surface area contributed by atoms with E-state index in [2.05, 4.69) is 10.3 Å². The number of carbonyl (C=O) groups is 2. The van der Waals surface area contributed by atoms with Gasteiger partial charge in [0.15, 0.2) is 11.5 Å². The normalized spacial score (nSPS) is 21.2. The molecule has 4 rings (SSSR count). The summed E-state index contributed by atoms with van der Waals surface area (Å²) in [5.41, 5.74) is 1.83. The number of fused-ring (bicyclic) bond motifs is 1. The van der Waals surface area contributed by atoms with E-state index in [1.165, 1.54) is 0 Å². The Balaban J connectivity index is 1.39. The molecular formula is C20H20N2O5. The maximum absolute atomic E-state index is 12.5. The van der Waals surface area contributed by atoms with E-state index in [0.29, 0.717) is 25.4 Å². The number of carboxylic acids is 1. The molecule has 1 saturated carbocycles. The van der Waals surface area contributed by atoms with Crippen LogP contribution in [0.15, 0.2) is 42.7 Å². The van der Waals surface area contributed by atoms with Crippen molar-refractivity contribution in [3.05, 3.63) is 53.9 Å². The highest BCUT2D eigenvalue weighted by atomic mass is 16.6. The highest BCUT2D eigenvalue weighted by Crippen LogP contribution is 2.49. The molecule has 1 aromatic carbocycles. The fraction of sp³-hybridized carbons (Fsp3) is 0.350. The number of aromatic nitrogens is 1. The van der Waals surface area contributed by atoms with Crippen molar-refractivity contribution in [1.29, 1.82) is 0 Å². The van der Waals surface area contributed by atoms with Crippen LogP contribution in [0.25, 0.3) is 0 Å². The minimum absolute atomic E-state index is 0.0798. The van der Waals surface area contributed by atoms with Gasteiger partial charge in [-0.1, -0.05) is 6.07 Å². The van der Waals surface area contributed by atoms with Crippen molar-refractivity contribution >= 4 is 11.9 Å². The lowest BCUT2D eigenvalue weighted by molar-refractivity contribution is -0.142. The summed E-state index contributed by atoms with van der Waals surface area (Å²) in [6, 6.07) is 8.26. The van der Waals surface area contributed by atoms with Gasteiger partial charge in [-0.25, -0.2) is 4.79 Å². The Kier molecular flexibility index (Phi) is 4.66. The second kappa shape index (κ2) is 7.26. The fourth-order valence-corrected chi connectivity index (χ4v) is 3.38. The van der Waals surface area contributed by atoms with E-state index in [4.69, 9.17) is 9.47 Å². The Bertz CT molecular complexity index is 855. The first-order valence-electron chi connectivity index (χ1n) is 8.93. The molecule has 1 aromatic heterocycles. The third-order valence-electron chi connectivity index (χ3n) is 4.93. The zero-order valence-electron chi connectivity index (χ0n) is 14.6. The van der Waals surface area contributed by atoms with Crippen LogP contribution in [0.3, 0.4) is 0 Å². The van der Waals surface area contributed by atoms with Crippen LogP contribution in [-0.2, 0) is 16.0 Å². The SMILES string of the molecule is O=C(O)C(Cc1ccncc1)NC(=O)C1CC1c1ccc2c(c1)OCCO2. The van der Waals surface area contributed by atoms with Crippen molar-refractivity contribution in [1.82, 2.24) is 10.3 Å². The van der Waals surface area contributed by atoms with Crippen LogP contribution in [0.5, 0.6) is 11.5 Å². The second-order valence-electron chi connectivity index (χ2n) is 6.81. The smallest absolute Gasteiger partial charge is 0.326 e. The molecule has 2 N–H and O–H groups in total. The molecule has 140 valence electrons. The Morgan fingerprint density at radius 2 is 1.89 bits per heavy atom. The van der Waals surface area contributed by atoms with Gasteiger partial charge in [0.05, 0.1) is 0 Å². The number of hydrogen-bond donors (Lipinski definition) is 2. The van der Waals surface area contributed by atoms with Crippen molar-refractivity contribution in [2.45, 2.75) is 24.8 Å². The van der Waals surface area contributed by atoms with E-state index >= 15 is 0 Å². The lowest BCUT2D eigenvalue weighted by Crippen LogP contribution is -2.43. The molecule has 3 unspecified atom stereocenters. The van der Waals surface area contributed by atoms with Gasteiger partial charge >= 0.3 is 5.97 Å². The first-order chi connectivity index (χ1) is 13.1. The number of carboxylic acid groups (broad SMARTS) is 1. The summed E-state index contributed by atoms with van der Waals surface area (Å²) in [5, 5.41) is 12.1. The molecule has 0 bridgehead atoms. The average molecular weight is 368 g/mol. The molecule has 3 atom stereocenters. The zero-order valence-corrected chi connectivity index (χ0v) is 14.6. The molecule has 0 spiro atoms. The minimum atomic E-state index is -1.04. The van der Waals surface area contributed by atoms with Gasteiger partial charge in [-0.2, -0.15) is 0 Å². The summed E-state index contributed by atoms with van der Waals surface area (Å²) in [6.07, 6.45) is 4.14. The van der Waals surface area contributed by atoms with Crippen molar-refractivity contribution < 1.29 is 24.2 Å². The third kappa shape index (κ3) is 3.86. The maximum Gasteiger partial charge on any atom is 0.326 e. The molecule has 7 nitrogen and oxygen atoms in total. The monoisotopic (exact) mass is 368 g/mol. The van der Waals surface area contributed by atoms with Gasteiger partial charge < -0.3 is 19.9 Å². The van der Waals surface area contributed by atoms with Crippen LogP contribution in [0.4, 0.5) is 0 Å². The summed E-state index contributed by atoms with van der Waals surface area (Å²) in [6.45, 7) is 1.05. The Morgan fingerprint density at radius 1 is 1.15 bits per heavy atom. The second-order valence-corrected chi connectivity index (χ2v) is 6.81. The molecule has 2 heterocycles. The predicted molar refractivity (Wildman–Crippen MR) is 95.8 cm³/mol. The number of nitrogens with one attached hydrogen (secondary N) is 1. The molecular weight excluding hydrogens is 348 g/mol. The molecule has 1 aliphatic heterocycles. The first-order valence-corrected chi connectivity index (χ1v) is 8.93. The summed E-state index contributed by atoms with van der Waals surface area (Å²) in [5.74, 6) is 0.0111. The number of pyridine rings is 1. The van der Waals surface area contributed by atoms with Gasteiger partial charge in [-0.3, -0.25) is 9.78 Å². The van der Waals surface area contributed by atoms with Crippen molar-refractivity contribution in [2.24, 2.45) is 5.92 Å². The Morgan fingerprint density at radius 3 is 2.63 bits per heavy atom. The topological polar surface area (TPSA) is 97.8 Å². The molecule has 1 fully saturated rings. The highest BCUT2D eigenvalue weighted by molar-refractivity contribution is 5.87. The zero-order chi connectivity index (χ0) is 18.8. The van der Waals surface area contributed by atoms with Gasteiger partial charge in [-0.05, 0) is 47.7 Å². The van der Waals surface area contributed by atoms with Crippen molar-refractivity contribution in [3.8, 4) is 11.5 Å². The molecule has 2 aromatic rings. The average Bonchev–Trinajstić information content (AvgIpc) is 3.49. The molecule has 7 heteroatoms. The molecule has 1 aliphatic carbocycles. The summed E-state index contributed by atoms with van der Waals surface area (Å²) in [7, 11) is 0. The molecule has 2 aliphatic rings. The van der Waals surface area contributed by atoms with Gasteiger partial charge in [0.2, 0.25) is 5.91 Å². The standard InChI is InChI=1S/C20H20N2O5/c23-19(22-16(20(24)25)9-12-3-5-21-6-4-12)15-11-14(15)13-1-2-17-18(10-13)27-8-7-26-17/h1-6,10,14-16H,7-9,11H2,(H,22,23)(H,24,25). The largest absolute Gasteiger partial charge is 0.486 e. The van der Waals surface area contributed by atoms with Crippen LogP contribution < -0.4 is 14.8 Å². The lowest BCUT2D eigenvalue weighted by Gasteiger charge is -2.19. The Hall–Kier alpha value is -3.09. The van der Waals surface area contributed by atoms with Gasteiger partial charge in [-0.15, -0.1) is 0 Å². The molecule has 0 saturated heterocycles. The van der Waals surface area contributed by atoms with Crippen LogP contribution in [0, 0.1) is 5.92 Å². The van der Waals surface area contributed by atoms with Crippen LogP contribution in [-0.4, -0.2) is 41.2 Å². The van der Waals surface area contributed by atoms with Gasteiger partial charge in [0.1, 0.15) is 19.3 Å².